The van der Waals surface area contributed by atoms with Gasteiger partial charge in [-0.1, -0.05) is 27.7 Å². The predicted octanol–water partition coefficient (Wildman–Crippen LogP) is -1.59. The molecule has 0 rings (SSSR count). The number of rotatable bonds is 13. The Labute approximate surface area is 180 Å². The van der Waals surface area contributed by atoms with Gasteiger partial charge in [0.1, 0.15) is 18.1 Å². The van der Waals surface area contributed by atoms with Crippen LogP contribution in [0.3, 0.4) is 0 Å². The fourth-order valence-electron chi connectivity index (χ4n) is 2.69. The molecule has 178 valence electrons. The van der Waals surface area contributed by atoms with E-state index in [2.05, 4.69) is 16.0 Å². The molecule has 0 heterocycles. The molecule has 0 spiro atoms. The number of hydrogen-bond acceptors (Lipinski definition) is 7. The summed E-state index contributed by atoms with van der Waals surface area (Å²) in [5.74, 6) is -5.79. The molecule has 8 N–H and O–H groups in total. The lowest BCUT2D eigenvalue weighted by Crippen LogP contribution is -2.60. The summed E-state index contributed by atoms with van der Waals surface area (Å²) in [4.78, 5) is 59.4. The third-order valence-electron chi connectivity index (χ3n) is 4.36. The number of carboxylic acid groups (broad SMARTS) is 2. The number of carbonyl (C=O) groups excluding carboxylic acids is 3. The standard InChI is InChI=1S/C19H34N4O8/c1-8(2)6-11(20)16(27)23-15(10(5)24)18(29)22-14(9(3)4)17(28)21-12(19(30)31)7-13(25)26/h8-12,14-15,24H,6-7,20H2,1-5H3,(H,21,28)(H,22,29)(H,23,27)(H,25,26)(H,30,31). The van der Waals surface area contributed by atoms with Crippen LogP contribution < -0.4 is 21.7 Å². The van der Waals surface area contributed by atoms with Gasteiger partial charge in [-0.25, -0.2) is 4.79 Å². The lowest BCUT2D eigenvalue weighted by Gasteiger charge is -2.28. The van der Waals surface area contributed by atoms with E-state index in [0.717, 1.165) is 0 Å². The van der Waals surface area contributed by atoms with Gasteiger partial charge in [0.2, 0.25) is 17.7 Å². The minimum atomic E-state index is -1.69. The number of aliphatic hydroxyl groups excluding tert-OH is 1. The summed E-state index contributed by atoms with van der Waals surface area (Å²) in [5, 5.41) is 34.6. The van der Waals surface area contributed by atoms with Gasteiger partial charge < -0.3 is 37.0 Å². The number of hydrogen-bond donors (Lipinski definition) is 7. The molecule has 0 bridgehead atoms. The molecule has 0 radical (unpaired) electrons. The van der Waals surface area contributed by atoms with Crippen LogP contribution in [0.15, 0.2) is 0 Å². The normalized spacial score (nSPS) is 16.0. The van der Waals surface area contributed by atoms with E-state index in [1.807, 2.05) is 13.8 Å². The van der Waals surface area contributed by atoms with Gasteiger partial charge in [-0.05, 0) is 25.2 Å². The second kappa shape index (κ2) is 12.8. The van der Waals surface area contributed by atoms with Crippen LogP contribution in [0.5, 0.6) is 0 Å². The monoisotopic (exact) mass is 446 g/mol. The van der Waals surface area contributed by atoms with Crippen molar-refractivity contribution in [3.63, 3.8) is 0 Å². The number of amides is 3. The molecular formula is C19H34N4O8. The zero-order valence-corrected chi connectivity index (χ0v) is 18.4. The molecule has 3 amide bonds. The third kappa shape index (κ3) is 10.2. The molecule has 0 aliphatic heterocycles. The van der Waals surface area contributed by atoms with Gasteiger partial charge >= 0.3 is 11.9 Å². The molecule has 0 saturated carbocycles. The van der Waals surface area contributed by atoms with Crippen LogP contribution in [0.4, 0.5) is 0 Å². The Bertz CT molecular complexity index is 665. The van der Waals surface area contributed by atoms with E-state index >= 15 is 0 Å². The summed E-state index contributed by atoms with van der Waals surface area (Å²) < 4.78 is 0. The number of carboxylic acids is 2. The first-order chi connectivity index (χ1) is 14.2. The fourth-order valence-corrected chi connectivity index (χ4v) is 2.69. The van der Waals surface area contributed by atoms with Crippen molar-refractivity contribution in [3.05, 3.63) is 0 Å². The Morgan fingerprint density at radius 2 is 1.29 bits per heavy atom. The topological polar surface area (TPSA) is 208 Å². The average molecular weight is 447 g/mol. The van der Waals surface area contributed by atoms with Gasteiger partial charge in [-0.15, -0.1) is 0 Å². The van der Waals surface area contributed by atoms with E-state index in [4.69, 9.17) is 15.9 Å². The molecular weight excluding hydrogens is 412 g/mol. The summed E-state index contributed by atoms with van der Waals surface area (Å²) >= 11 is 0. The van der Waals surface area contributed by atoms with Crippen molar-refractivity contribution in [1.29, 1.82) is 0 Å². The van der Waals surface area contributed by atoms with Gasteiger partial charge in [0.25, 0.3) is 0 Å². The Morgan fingerprint density at radius 1 is 0.806 bits per heavy atom. The van der Waals surface area contributed by atoms with Crippen molar-refractivity contribution < 1.29 is 39.3 Å². The first kappa shape index (κ1) is 28.3. The maximum Gasteiger partial charge on any atom is 0.326 e. The maximum absolute atomic E-state index is 12.7. The highest BCUT2D eigenvalue weighted by Crippen LogP contribution is 2.07. The molecule has 0 aromatic rings. The van der Waals surface area contributed by atoms with E-state index in [-0.39, 0.29) is 5.92 Å². The first-order valence-electron chi connectivity index (χ1n) is 9.96. The first-order valence-corrected chi connectivity index (χ1v) is 9.96. The van der Waals surface area contributed by atoms with Crippen LogP contribution in [0.1, 0.15) is 47.5 Å². The molecule has 31 heavy (non-hydrogen) atoms. The van der Waals surface area contributed by atoms with Crippen LogP contribution in [0, 0.1) is 11.8 Å². The quantitative estimate of drug-likeness (QED) is 0.174. The number of aliphatic hydroxyl groups is 1. The minimum Gasteiger partial charge on any atom is -0.481 e. The van der Waals surface area contributed by atoms with Crippen molar-refractivity contribution in [1.82, 2.24) is 16.0 Å². The summed E-state index contributed by atoms with van der Waals surface area (Å²) in [6.45, 7) is 8.16. The van der Waals surface area contributed by atoms with Gasteiger partial charge in [0.15, 0.2) is 0 Å². The van der Waals surface area contributed by atoms with Crippen molar-refractivity contribution in [3.8, 4) is 0 Å². The molecule has 0 aliphatic carbocycles. The number of carbonyl (C=O) groups is 5. The van der Waals surface area contributed by atoms with Crippen molar-refractivity contribution in [2.75, 3.05) is 0 Å². The number of nitrogens with two attached hydrogens (primary N) is 1. The Morgan fingerprint density at radius 3 is 1.68 bits per heavy atom. The Kier molecular flexibility index (Phi) is 11.7. The van der Waals surface area contributed by atoms with Crippen LogP contribution in [-0.4, -0.2) is 75.3 Å². The summed E-state index contributed by atoms with van der Waals surface area (Å²) in [5.41, 5.74) is 5.79. The van der Waals surface area contributed by atoms with Crippen molar-refractivity contribution >= 4 is 29.7 Å². The van der Waals surface area contributed by atoms with Gasteiger partial charge in [-0.3, -0.25) is 19.2 Å². The lowest BCUT2D eigenvalue weighted by atomic mass is 10.0. The van der Waals surface area contributed by atoms with Crippen molar-refractivity contribution in [2.45, 2.75) is 77.7 Å². The molecule has 0 saturated heterocycles. The molecule has 12 nitrogen and oxygen atoms in total. The highest BCUT2D eigenvalue weighted by molar-refractivity contribution is 5.95. The number of aliphatic carboxylic acids is 2. The zero-order valence-electron chi connectivity index (χ0n) is 18.4. The van der Waals surface area contributed by atoms with Crippen LogP contribution in [0.25, 0.3) is 0 Å². The molecule has 0 aliphatic rings. The predicted molar refractivity (Wildman–Crippen MR) is 110 cm³/mol. The Balaban J connectivity index is 5.36. The molecule has 5 atom stereocenters. The van der Waals surface area contributed by atoms with Crippen LogP contribution in [0.2, 0.25) is 0 Å². The highest BCUT2D eigenvalue weighted by atomic mass is 16.4. The van der Waals surface area contributed by atoms with Gasteiger partial charge in [0.05, 0.1) is 18.6 Å². The lowest BCUT2D eigenvalue weighted by molar-refractivity contribution is -0.147. The van der Waals surface area contributed by atoms with E-state index < -0.39 is 72.3 Å². The fraction of sp³-hybridized carbons (Fsp3) is 0.737. The van der Waals surface area contributed by atoms with Gasteiger partial charge in [0, 0.05) is 0 Å². The largest absolute Gasteiger partial charge is 0.481 e. The van der Waals surface area contributed by atoms with Crippen molar-refractivity contribution in [2.24, 2.45) is 17.6 Å². The molecule has 5 unspecified atom stereocenters. The number of nitrogens with one attached hydrogen (secondary N) is 3. The average Bonchev–Trinajstić information content (AvgIpc) is 2.61. The second-order valence-electron chi connectivity index (χ2n) is 8.19. The molecule has 0 aromatic carbocycles. The van der Waals surface area contributed by atoms with E-state index in [1.165, 1.54) is 6.92 Å². The smallest absolute Gasteiger partial charge is 0.326 e. The highest BCUT2D eigenvalue weighted by Gasteiger charge is 2.34. The second-order valence-corrected chi connectivity index (χ2v) is 8.19. The van der Waals surface area contributed by atoms with E-state index in [9.17, 15) is 29.1 Å². The minimum absolute atomic E-state index is 0.126. The molecule has 0 aromatic heterocycles. The Hall–Kier alpha value is -2.73. The SMILES string of the molecule is CC(C)CC(N)C(=O)NC(C(=O)NC(C(=O)NC(CC(=O)O)C(=O)O)C(C)C)C(C)O. The summed E-state index contributed by atoms with van der Waals surface area (Å²) in [6.07, 6.45) is -1.80. The molecule has 12 heteroatoms. The van der Waals surface area contributed by atoms with Crippen LogP contribution in [-0.2, 0) is 24.0 Å². The summed E-state index contributed by atoms with van der Waals surface area (Å²) in [7, 11) is 0. The van der Waals surface area contributed by atoms with Gasteiger partial charge in [-0.2, -0.15) is 0 Å². The third-order valence-corrected chi connectivity index (χ3v) is 4.36. The van der Waals surface area contributed by atoms with Crippen LogP contribution >= 0.6 is 0 Å². The van der Waals surface area contributed by atoms with E-state index in [0.29, 0.717) is 6.42 Å². The maximum atomic E-state index is 12.7. The molecule has 0 fully saturated rings. The summed E-state index contributed by atoms with van der Waals surface area (Å²) in [6, 6.07) is -5.24. The van der Waals surface area contributed by atoms with E-state index in [1.54, 1.807) is 13.8 Å². The zero-order chi connectivity index (χ0) is 24.5.